The Bertz CT molecular complexity index is 1380. The van der Waals surface area contributed by atoms with Gasteiger partial charge in [0.2, 0.25) is 0 Å². The monoisotopic (exact) mass is 728 g/mol. The number of amides is 2. The molecule has 8 nitrogen and oxygen atoms in total. The zero-order valence-electron chi connectivity index (χ0n) is 23.2. The van der Waals surface area contributed by atoms with Crippen LogP contribution in [0.3, 0.4) is 0 Å². The van der Waals surface area contributed by atoms with Crippen molar-refractivity contribution in [1.29, 1.82) is 0 Å². The van der Waals surface area contributed by atoms with Gasteiger partial charge in [0.1, 0.15) is 11.5 Å². The first-order valence-corrected chi connectivity index (χ1v) is 12.1. The summed E-state index contributed by atoms with van der Waals surface area (Å²) in [5.74, 6) is -22.7. The molecule has 1 heterocycles. The number of nitrogens with one attached hydrogen (secondary N) is 2. The third-order valence-corrected chi connectivity index (χ3v) is 6.51. The van der Waals surface area contributed by atoms with Gasteiger partial charge in [0.05, 0.1) is 14.2 Å². The number of methoxy groups -OCH3 is 2. The zero-order chi connectivity index (χ0) is 37.1. The van der Waals surface area contributed by atoms with E-state index in [1.807, 2.05) is 0 Å². The molecule has 0 radical (unpaired) electrons. The highest BCUT2D eigenvalue weighted by Gasteiger charge is 2.96. The van der Waals surface area contributed by atoms with E-state index >= 15 is 43.9 Å². The van der Waals surface area contributed by atoms with Gasteiger partial charge in [-0.3, -0.25) is 9.59 Å². The average Bonchev–Trinajstić information content (AvgIpc) is 2.95. The third-order valence-electron chi connectivity index (χ3n) is 6.51. The molecule has 0 aromatic heterocycles. The minimum absolute atomic E-state index is 0.154. The number of alkyl halides is 16. The Morgan fingerprint density at radius 3 is 0.938 bits per heavy atom. The number of benzene rings is 2. The van der Waals surface area contributed by atoms with Crippen molar-refractivity contribution in [2.45, 2.75) is 48.1 Å². The van der Waals surface area contributed by atoms with Gasteiger partial charge in [-0.1, -0.05) is 0 Å². The van der Waals surface area contributed by atoms with Gasteiger partial charge in [-0.15, -0.1) is 9.80 Å². The molecule has 268 valence electrons. The van der Waals surface area contributed by atoms with Crippen LogP contribution in [-0.2, 0) is 9.59 Å². The second-order valence-electron chi connectivity index (χ2n) is 9.44. The van der Waals surface area contributed by atoms with Crippen LogP contribution in [0.25, 0.3) is 0 Å². The van der Waals surface area contributed by atoms with Crippen molar-refractivity contribution in [3.05, 3.63) is 48.5 Å². The Kier molecular flexibility index (Phi) is 9.34. The van der Waals surface area contributed by atoms with Crippen LogP contribution in [0.1, 0.15) is 0 Å². The number of halogens is 16. The van der Waals surface area contributed by atoms with E-state index < -0.39 is 81.1 Å². The van der Waals surface area contributed by atoms with Crippen LogP contribution in [0, 0.1) is 0 Å². The van der Waals surface area contributed by atoms with E-state index in [1.165, 1.54) is 0 Å². The van der Waals surface area contributed by atoms with Gasteiger partial charge >= 0.3 is 48.1 Å². The lowest BCUT2D eigenvalue weighted by atomic mass is 10.0. The van der Waals surface area contributed by atoms with E-state index in [0.29, 0.717) is 24.3 Å². The van der Waals surface area contributed by atoms with Crippen LogP contribution in [0.15, 0.2) is 48.5 Å². The van der Waals surface area contributed by atoms with Gasteiger partial charge in [-0.05, 0) is 48.5 Å². The quantitative estimate of drug-likeness (QED) is 0.232. The summed E-state index contributed by atoms with van der Waals surface area (Å²) in [6, 6.07) is -27.1. The first kappa shape index (κ1) is 38.2. The van der Waals surface area contributed by atoms with Crippen molar-refractivity contribution >= 4 is 23.2 Å². The summed E-state index contributed by atoms with van der Waals surface area (Å²) in [6.45, 7) is 0. The summed E-state index contributed by atoms with van der Waals surface area (Å²) in [4.78, 5) is 16.6. The van der Waals surface area contributed by atoms with Crippen molar-refractivity contribution < 1.29 is 89.3 Å². The van der Waals surface area contributed by atoms with E-state index in [4.69, 9.17) is 0 Å². The van der Waals surface area contributed by atoms with Crippen LogP contribution >= 0.6 is 0 Å². The van der Waals surface area contributed by atoms with Gasteiger partial charge < -0.3 is 20.1 Å². The molecule has 1 aliphatic heterocycles. The molecule has 1 fully saturated rings. The Morgan fingerprint density at radius 1 is 0.521 bits per heavy atom. The number of rotatable bonds is 8. The van der Waals surface area contributed by atoms with Crippen molar-refractivity contribution in [2.75, 3.05) is 24.9 Å². The molecule has 2 N–H and O–H groups in total. The third kappa shape index (κ3) is 5.56. The molecular weight excluding hydrogens is 712 g/mol. The van der Waals surface area contributed by atoms with E-state index in [1.54, 1.807) is 0 Å². The Balaban J connectivity index is 2.27. The van der Waals surface area contributed by atoms with Crippen LogP contribution in [-0.4, -0.2) is 84.0 Å². The average molecular weight is 728 g/mol. The second-order valence-corrected chi connectivity index (χ2v) is 9.44. The van der Waals surface area contributed by atoms with Crippen molar-refractivity contribution in [3.8, 4) is 11.5 Å². The van der Waals surface area contributed by atoms with Gasteiger partial charge in [0.25, 0.3) is 11.8 Å². The number of ether oxygens (including phenoxy) is 2. The van der Waals surface area contributed by atoms with Gasteiger partial charge in [-0.25, -0.2) is 8.78 Å². The van der Waals surface area contributed by atoms with E-state index in [2.05, 4.69) is 9.47 Å². The first-order valence-electron chi connectivity index (χ1n) is 12.1. The highest BCUT2D eigenvalue weighted by atomic mass is 19.4. The Hall–Kier alpha value is -4.22. The molecule has 1 saturated heterocycles. The van der Waals surface area contributed by atoms with Crippen LogP contribution in [0.4, 0.5) is 81.6 Å². The Labute approximate surface area is 256 Å². The SMILES string of the molecule is COc1ccc(NC(=O)[C@@](F)(N2C(F)(F)C(F)(F)N([C@](F)(C(=O)Nc3ccc(OC)cc3)C(F)(F)F)C(F)(F)C2(F)F)C(F)(F)F)cc1. The lowest BCUT2D eigenvalue weighted by Gasteiger charge is -2.57. The number of hydrogen-bond acceptors (Lipinski definition) is 6. The largest absolute Gasteiger partial charge is 0.497 e. The highest BCUT2D eigenvalue weighted by molar-refractivity contribution is 5.98. The summed E-state index contributed by atoms with van der Waals surface area (Å²) in [6.07, 6.45) is -15.2. The van der Waals surface area contributed by atoms with Gasteiger partial charge in [0, 0.05) is 11.4 Å². The van der Waals surface area contributed by atoms with Crippen molar-refractivity contribution in [3.63, 3.8) is 0 Å². The molecule has 0 aliphatic carbocycles. The summed E-state index contributed by atoms with van der Waals surface area (Å²) in [5, 5.41) is 1.52. The van der Waals surface area contributed by atoms with E-state index in [-0.39, 0.29) is 11.5 Å². The summed E-state index contributed by atoms with van der Waals surface area (Å²) in [7, 11) is 2.03. The minimum Gasteiger partial charge on any atom is -0.497 e. The maximum Gasteiger partial charge on any atom is 0.446 e. The van der Waals surface area contributed by atoms with Gasteiger partial charge in [0.15, 0.2) is 0 Å². The predicted octanol–water partition coefficient (Wildman–Crippen LogP) is 6.73. The number of nitrogens with zero attached hydrogens (tertiary/aromatic N) is 2. The molecule has 2 aromatic carbocycles. The molecule has 0 spiro atoms. The predicted molar refractivity (Wildman–Crippen MR) is 127 cm³/mol. The summed E-state index contributed by atoms with van der Waals surface area (Å²) >= 11 is 0. The number of hydrogen-bond donors (Lipinski definition) is 2. The maximum absolute atomic E-state index is 15.6. The Morgan fingerprint density at radius 2 is 0.750 bits per heavy atom. The van der Waals surface area contributed by atoms with E-state index in [9.17, 15) is 35.9 Å². The normalized spacial score (nSPS) is 21.7. The minimum atomic E-state index is -8.04. The maximum atomic E-state index is 15.6. The number of anilines is 2. The fourth-order valence-electron chi connectivity index (χ4n) is 4.16. The molecule has 2 atom stereocenters. The van der Waals surface area contributed by atoms with Crippen molar-refractivity contribution in [2.24, 2.45) is 0 Å². The molecule has 1 aliphatic rings. The van der Waals surface area contributed by atoms with Crippen molar-refractivity contribution in [1.82, 2.24) is 9.80 Å². The summed E-state index contributed by atoms with van der Waals surface area (Å²) < 4.78 is 245. The first-order chi connectivity index (χ1) is 21.6. The lowest BCUT2D eigenvalue weighted by molar-refractivity contribution is -0.556. The molecule has 48 heavy (non-hydrogen) atoms. The number of carbonyl (C=O) groups is 2. The topological polar surface area (TPSA) is 83.1 Å². The fraction of sp³-hybridized carbons (Fsp3) is 0.417. The van der Waals surface area contributed by atoms with Gasteiger partial charge in [-0.2, -0.15) is 61.5 Å². The van der Waals surface area contributed by atoms with Crippen LogP contribution in [0.2, 0.25) is 0 Å². The number of piperazine rings is 1. The zero-order valence-corrected chi connectivity index (χ0v) is 23.2. The number of carbonyl (C=O) groups excluding carboxylic acids is 2. The lowest BCUT2D eigenvalue weighted by Crippen LogP contribution is -2.90. The van der Waals surface area contributed by atoms with E-state index in [0.717, 1.165) is 49.1 Å². The smallest absolute Gasteiger partial charge is 0.446 e. The molecule has 2 amide bonds. The van der Waals surface area contributed by atoms with Crippen LogP contribution in [0.5, 0.6) is 11.5 Å². The molecule has 24 heteroatoms. The molecule has 2 aromatic rings. The molecule has 3 rings (SSSR count). The summed E-state index contributed by atoms with van der Waals surface area (Å²) in [5.41, 5.74) is -2.21. The molecule has 0 saturated carbocycles. The molecular formula is C24H16F16N4O4. The second kappa shape index (κ2) is 11.7. The molecule has 0 bridgehead atoms. The highest BCUT2D eigenvalue weighted by Crippen LogP contribution is 2.65. The standard InChI is InChI=1S/C24H16F16N4O4/c1-47-13-7-3-11(4-8-13)41-15(45)17(25,19(27,28)29)43-21(33,34)23(37,38)44(24(39,40)22(43,35)36)18(26,20(30,31)32)16(46)42-12-5-9-14(48-2)10-6-12/h3-10H,1-2H3,(H,41,45)(H,42,46)/t17-,18-/m1/s1. The molecule has 0 unspecified atom stereocenters. The fourth-order valence-corrected chi connectivity index (χ4v) is 4.16. The van der Waals surface area contributed by atoms with Crippen LogP contribution < -0.4 is 20.1 Å².